The van der Waals surface area contributed by atoms with Crippen molar-refractivity contribution >= 4 is 34.3 Å². The van der Waals surface area contributed by atoms with Gasteiger partial charge in [0.25, 0.3) is 0 Å². The Morgan fingerprint density at radius 2 is 1.76 bits per heavy atom. The molecule has 2 aliphatic heterocycles. The van der Waals surface area contributed by atoms with Gasteiger partial charge in [0.2, 0.25) is 0 Å². The molecule has 3 aromatic rings. The lowest BCUT2D eigenvalue weighted by Crippen LogP contribution is -2.54. The number of nitrogens with one attached hydrogen (secondary N) is 1. The van der Waals surface area contributed by atoms with Crippen LogP contribution in [0.1, 0.15) is 13.8 Å². The fraction of sp³-hybridized carbons (Fsp3) is 0.364. The highest BCUT2D eigenvalue weighted by atomic mass is 16.3. The van der Waals surface area contributed by atoms with E-state index in [0.717, 1.165) is 35.6 Å². The molecule has 2 aliphatic rings. The van der Waals surface area contributed by atoms with E-state index >= 15 is 0 Å². The molecule has 0 radical (unpaired) electrons. The second-order valence-electron chi connectivity index (χ2n) is 7.94. The molecule has 7 heteroatoms. The first-order valence-electron chi connectivity index (χ1n) is 10.1. The van der Waals surface area contributed by atoms with Crippen molar-refractivity contribution in [3.63, 3.8) is 0 Å². The number of hydrogen-bond donors (Lipinski definition) is 1. The normalized spacial score (nSPS) is 22.7. The highest BCUT2D eigenvalue weighted by Gasteiger charge is 2.33. The van der Waals surface area contributed by atoms with Crippen LogP contribution < -0.4 is 20.0 Å². The van der Waals surface area contributed by atoms with Crippen LogP contribution in [0, 0.1) is 0 Å². The van der Waals surface area contributed by atoms with Crippen molar-refractivity contribution in [2.24, 2.45) is 0 Å². The van der Waals surface area contributed by atoms with Crippen LogP contribution in [-0.4, -0.2) is 49.3 Å². The van der Waals surface area contributed by atoms with Crippen molar-refractivity contribution < 1.29 is 9.21 Å². The Bertz CT molecular complexity index is 1020. The van der Waals surface area contributed by atoms with Crippen LogP contribution in [0.4, 0.5) is 22.1 Å². The van der Waals surface area contributed by atoms with E-state index in [0.29, 0.717) is 31.0 Å². The third-order valence-corrected chi connectivity index (χ3v) is 5.61. The molecule has 4 heterocycles. The number of para-hydroxylation sites is 1. The summed E-state index contributed by atoms with van der Waals surface area (Å²) in [4.78, 5) is 23.9. The smallest absolute Gasteiger partial charge is 0.330 e. The quantitative estimate of drug-likeness (QED) is 0.741. The molecule has 0 unspecified atom stereocenters. The number of furan rings is 1. The number of urea groups is 1. The summed E-state index contributed by atoms with van der Waals surface area (Å²) in [6, 6.07) is 14.3. The second kappa shape index (κ2) is 7.08. The molecule has 2 fully saturated rings. The minimum absolute atomic E-state index is 0.0421. The van der Waals surface area contributed by atoms with Crippen LogP contribution in [0.15, 0.2) is 53.1 Å². The number of anilines is 3. The SMILES string of the molecule is C[C@@H]1CN(c2nc(N3CCN(c4ccccc4)C3=O)cc3ccoc23)C[C@H](C)N1. The summed E-state index contributed by atoms with van der Waals surface area (Å²) in [6.45, 7) is 7.30. The summed E-state index contributed by atoms with van der Waals surface area (Å²) in [6.07, 6.45) is 1.69. The van der Waals surface area contributed by atoms with Gasteiger partial charge in [0, 0.05) is 49.3 Å². The first kappa shape index (κ1) is 18.0. The molecule has 0 saturated carbocycles. The van der Waals surface area contributed by atoms with Gasteiger partial charge in [-0.3, -0.25) is 9.80 Å². The highest BCUT2D eigenvalue weighted by molar-refractivity contribution is 6.06. The molecule has 29 heavy (non-hydrogen) atoms. The molecule has 0 spiro atoms. The van der Waals surface area contributed by atoms with Gasteiger partial charge in [0.1, 0.15) is 5.82 Å². The summed E-state index contributed by atoms with van der Waals surface area (Å²) in [5.74, 6) is 1.49. The molecule has 2 amide bonds. The lowest BCUT2D eigenvalue weighted by atomic mass is 10.1. The lowest BCUT2D eigenvalue weighted by molar-refractivity contribution is 0.255. The van der Waals surface area contributed by atoms with Crippen molar-refractivity contribution in [2.45, 2.75) is 25.9 Å². The van der Waals surface area contributed by atoms with Crippen LogP contribution in [-0.2, 0) is 0 Å². The predicted molar refractivity (Wildman–Crippen MR) is 115 cm³/mol. The van der Waals surface area contributed by atoms with Crippen LogP contribution in [0.3, 0.4) is 0 Å². The number of fused-ring (bicyclic) bond motifs is 1. The number of rotatable bonds is 3. The monoisotopic (exact) mass is 391 g/mol. The average molecular weight is 391 g/mol. The number of aromatic nitrogens is 1. The van der Waals surface area contributed by atoms with Crippen molar-refractivity contribution in [3.8, 4) is 0 Å². The van der Waals surface area contributed by atoms with E-state index in [1.54, 1.807) is 16.1 Å². The minimum Gasteiger partial charge on any atom is -0.460 e. The van der Waals surface area contributed by atoms with Crippen molar-refractivity contribution in [1.82, 2.24) is 10.3 Å². The summed E-state index contributed by atoms with van der Waals surface area (Å²) >= 11 is 0. The summed E-state index contributed by atoms with van der Waals surface area (Å²) in [7, 11) is 0. The Hall–Kier alpha value is -3.06. The van der Waals surface area contributed by atoms with E-state index in [9.17, 15) is 4.79 Å². The maximum absolute atomic E-state index is 13.1. The third-order valence-electron chi connectivity index (χ3n) is 5.61. The Kier molecular flexibility index (Phi) is 4.39. The topological polar surface area (TPSA) is 64.9 Å². The third kappa shape index (κ3) is 3.21. The fourth-order valence-corrected chi connectivity index (χ4v) is 4.39. The first-order chi connectivity index (χ1) is 14.1. The molecule has 0 aliphatic carbocycles. The van der Waals surface area contributed by atoms with E-state index in [2.05, 4.69) is 24.1 Å². The van der Waals surface area contributed by atoms with E-state index in [-0.39, 0.29) is 6.03 Å². The molecule has 2 saturated heterocycles. The number of hydrogen-bond acceptors (Lipinski definition) is 5. The van der Waals surface area contributed by atoms with E-state index in [1.165, 1.54) is 0 Å². The summed E-state index contributed by atoms with van der Waals surface area (Å²) in [5.41, 5.74) is 1.69. The van der Waals surface area contributed by atoms with Crippen molar-refractivity contribution in [2.75, 3.05) is 40.9 Å². The Balaban J connectivity index is 1.51. The number of pyridine rings is 1. The van der Waals surface area contributed by atoms with Crippen LogP contribution in [0.2, 0.25) is 0 Å². The number of benzene rings is 1. The first-order valence-corrected chi connectivity index (χ1v) is 10.1. The molecule has 0 bridgehead atoms. The number of nitrogens with zero attached hydrogens (tertiary/aromatic N) is 4. The van der Waals surface area contributed by atoms with Crippen LogP contribution >= 0.6 is 0 Å². The van der Waals surface area contributed by atoms with Gasteiger partial charge in [0.05, 0.1) is 6.26 Å². The predicted octanol–water partition coefficient (Wildman–Crippen LogP) is 3.46. The van der Waals surface area contributed by atoms with Crippen LogP contribution in [0.5, 0.6) is 0 Å². The van der Waals surface area contributed by atoms with Gasteiger partial charge in [0.15, 0.2) is 11.4 Å². The molecule has 5 rings (SSSR count). The van der Waals surface area contributed by atoms with E-state index in [4.69, 9.17) is 9.40 Å². The lowest BCUT2D eigenvalue weighted by Gasteiger charge is -2.37. The number of carbonyl (C=O) groups is 1. The fourth-order valence-electron chi connectivity index (χ4n) is 4.39. The molecular weight excluding hydrogens is 366 g/mol. The molecular formula is C22H25N5O2. The zero-order valence-electron chi connectivity index (χ0n) is 16.7. The molecule has 1 aromatic carbocycles. The number of piperazine rings is 1. The van der Waals surface area contributed by atoms with Crippen molar-refractivity contribution in [1.29, 1.82) is 0 Å². The van der Waals surface area contributed by atoms with E-state index in [1.807, 2.05) is 42.5 Å². The summed E-state index contributed by atoms with van der Waals surface area (Å²) in [5, 5.41) is 4.52. The zero-order chi connectivity index (χ0) is 20.0. The maximum Gasteiger partial charge on any atom is 0.330 e. The van der Waals surface area contributed by atoms with Gasteiger partial charge < -0.3 is 14.6 Å². The standard InChI is InChI=1S/C22H25N5O2/c1-15-13-25(14-16(2)23-15)21-20-17(8-11-29-20)12-19(24-21)27-10-9-26(22(27)28)18-6-4-3-5-7-18/h3-8,11-12,15-16,23H,9-10,13-14H2,1-2H3/t15-,16+. The summed E-state index contributed by atoms with van der Waals surface area (Å²) < 4.78 is 5.77. The molecule has 150 valence electrons. The van der Waals surface area contributed by atoms with Gasteiger partial charge in [-0.05, 0) is 38.1 Å². The van der Waals surface area contributed by atoms with Gasteiger partial charge >= 0.3 is 6.03 Å². The zero-order valence-corrected chi connectivity index (χ0v) is 16.7. The van der Waals surface area contributed by atoms with Crippen LogP contribution in [0.25, 0.3) is 11.0 Å². The minimum atomic E-state index is -0.0421. The Morgan fingerprint density at radius 1 is 1.03 bits per heavy atom. The molecule has 7 nitrogen and oxygen atoms in total. The van der Waals surface area contributed by atoms with Crippen molar-refractivity contribution in [3.05, 3.63) is 48.7 Å². The second-order valence-corrected chi connectivity index (χ2v) is 7.94. The largest absolute Gasteiger partial charge is 0.460 e. The molecule has 1 N–H and O–H groups in total. The maximum atomic E-state index is 13.1. The number of amides is 2. The molecule has 2 aromatic heterocycles. The van der Waals surface area contributed by atoms with Gasteiger partial charge in [-0.1, -0.05) is 18.2 Å². The average Bonchev–Trinajstić information content (AvgIpc) is 3.33. The Morgan fingerprint density at radius 3 is 2.52 bits per heavy atom. The van der Waals surface area contributed by atoms with Gasteiger partial charge in [-0.2, -0.15) is 0 Å². The van der Waals surface area contributed by atoms with E-state index < -0.39 is 0 Å². The van der Waals surface area contributed by atoms with Gasteiger partial charge in [-0.25, -0.2) is 9.78 Å². The van der Waals surface area contributed by atoms with Gasteiger partial charge in [-0.15, -0.1) is 0 Å². The molecule has 2 atom stereocenters. The number of carbonyl (C=O) groups excluding carboxylic acids is 1. The highest BCUT2D eigenvalue weighted by Crippen LogP contribution is 2.33. The Labute approximate surface area is 169 Å².